The molecule has 2 amide bonds. The van der Waals surface area contributed by atoms with Crippen molar-refractivity contribution in [1.29, 1.82) is 0 Å². The fraction of sp³-hybridized carbons (Fsp3) is 0.632. The van der Waals surface area contributed by atoms with Gasteiger partial charge in [-0.25, -0.2) is 4.79 Å². The molecule has 1 saturated heterocycles. The zero-order valence-corrected chi connectivity index (χ0v) is 15.3. The lowest BCUT2D eigenvalue weighted by Gasteiger charge is -2.31. The maximum absolute atomic E-state index is 12.2. The Morgan fingerprint density at radius 3 is 2.52 bits per heavy atom. The van der Waals surface area contributed by atoms with E-state index in [9.17, 15) is 4.79 Å². The predicted molar refractivity (Wildman–Crippen MR) is 97.1 cm³/mol. The van der Waals surface area contributed by atoms with Crippen molar-refractivity contribution in [2.45, 2.75) is 19.3 Å². The lowest BCUT2D eigenvalue weighted by Crippen LogP contribution is -2.45. The molecule has 1 aromatic carbocycles. The van der Waals surface area contributed by atoms with Gasteiger partial charge in [-0.05, 0) is 42.9 Å². The summed E-state index contributed by atoms with van der Waals surface area (Å²) in [6.07, 6.45) is 2.82. The number of carbonyl (C=O) groups excluding carboxylic acids is 1. The van der Waals surface area contributed by atoms with Crippen LogP contribution in [0.25, 0.3) is 0 Å². The van der Waals surface area contributed by atoms with Crippen molar-refractivity contribution in [1.82, 2.24) is 10.2 Å². The van der Waals surface area contributed by atoms with Gasteiger partial charge in [-0.3, -0.25) is 0 Å². The summed E-state index contributed by atoms with van der Waals surface area (Å²) in [6.45, 7) is 4.28. The molecule has 2 rings (SSSR count). The highest BCUT2D eigenvalue weighted by atomic mass is 16.5. The van der Waals surface area contributed by atoms with Crippen LogP contribution in [-0.4, -0.2) is 64.6 Å². The molecule has 0 unspecified atom stereocenters. The third kappa shape index (κ3) is 6.92. The van der Waals surface area contributed by atoms with Crippen LogP contribution in [0.3, 0.4) is 0 Å². The molecular weight excluding hydrogens is 320 g/mol. The van der Waals surface area contributed by atoms with Gasteiger partial charge in [0.1, 0.15) is 5.75 Å². The van der Waals surface area contributed by atoms with Gasteiger partial charge in [-0.15, -0.1) is 0 Å². The largest absolute Gasteiger partial charge is 0.497 e. The average Bonchev–Trinajstić information content (AvgIpc) is 2.66. The topological polar surface area (TPSA) is 60.0 Å². The van der Waals surface area contributed by atoms with Gasteiger partial charge in [-0.1, -0.05) is 12.1 Å². The molecule has 0 atom stereocenters. The monoisotopic (exact) mass is 350 g/mol. The minimum Gasteiger partial charge on any atom is -0.497 e. The molecule has 0 aliphatic carbocycles. The summed E-state index contributed by atoms with van der Waals surface area (Å²) in [7, 11) is 3.33. The Morgan fingerprint density at radius 1 is 1.16 bits per heavy atom. The van der Waals surface area contributed by atoms with Crippen molar-refractivity contribution in [3.8, 4) is 5.75 Å². The second kappa shape index (κ2) is 10.9. The van der Waals surface area contributed by atoms with Crippen LogP contribution < -0.4 is 10.1 Å². The van der Waals surface area contributed by atoms with Gasteiger partial charge in [0, 0.05) is 33.4 Å². The number of methoxy groups -OCH3 is 2. The number of nitrogens with one attached hydrogen (secondary N) is 1. The smallest absolute Gasteiger partial charge is 0.317 e. The van der Waals surface area contributed by atoms with E-state index in [-0.39, 0.29) is 6.03 Å². The van der Waals surface area contributed by atoms with Gasteiger partial charge >= 0.3 is 6.03 Å². The molecule has 1 aliphatic heterocycles. The Labute approximate surface area is 150 Å². The molecule has 0 bridgehead atoms. The second-order valence-electron chi connectivity index (χ2n) is 6.33. The van der Waals surface area contributed by atoms with E-state index in [0.29, 0.717) is 25.7 Å². The summed E-state index contributed by atoms with van der Waals surface area (Å²) in [5, 5.41) is 3.01. The quantitative estimate of drug-likeness (QED) is 0.695. The number of hydrogen-bond donors (Lipinski definition) is 1. The van der Waals surface area contributed by atoms with Crippen molar-refractivity contribution in [3.05, 3.63) is 29.8 Å². The molecule has 0 radical (unpaired) electrons. The number of benzene rings is 1. The molecule has 0 saturated carbocycles. The predicted octanol–water partition coefficient (Wildman–Crippen LogP) is 2.32. The fourth-order valence-corrected chi connectivity index (χ4v) is 2.91. The van der Waals surface area contributed by atoms with E-state index in [4.69, 9.17) is 14.2 Å². The maximum atomic E-state index is 12.2. The first-order valence-electron chi connectivity index (χ1n) is 8.95. The first-order valence-corrected chi connectivity index (χ1v) is 8.95. The number of rotatable bonds is 9. The van der Waals surface area contributed by atoms with Gasteiger partial charge in [0.25, 0.3) is 0 Å². The van der Waals surface area contributed by atoms with E-state index in [1.165, 1.54) is 5.56 Å². The third-order valence-corrected chi connectivity index (χ3v) is 4.54. The van der Waals surface area contributed by atoms with E-state index in [2.05, 4.69) is 5.32 Å². The summed E-state index contributed by atoms with van der Waals surface area (Å²) < 4.78 is 15.7. The van der Waals surface area contributed by atoms with Gasteiger partial charge in [0.15, 0.2) is 0 Å². The highest BCUT2D eigenvalue weighted by Gasteiger charge is 2.22. The number of ether oxygens (including phenoxy) is 3. The van der Waals surface area contributed by atoms with Crippen LogP contribution in [0.2, 0.25) is 0 Å². The normalized spacial score (nSPS) is 15.2. The van der Waals surface area contributed by atoms with E-state index in [1.807, 2.05) is 29.2 Å². The van der Waals surface area contributed by atoms with Crippen molar-refractivity contribution in [2.24, 2.45) is 5.92 Å². The summed E-state index contributed by atoms with van der Waals surface area (Å²) in [5.41, 5.74) is 1.19. The lowest BCUT2D eigenvalue weighted by molar-refractivity contribution is 0.0381. The van der Waals surface area contributed by atoms with Crippen LogP contribution in [0, 0.1) is 5.92 Å². The minimum atomic E-state index is 0.0345. The van der Waals surface area contributed by atoms with Gasteiger partial charge in [-0.2, -0.15) is 0 Å². The van der Waals surface area contributed by atoms with Crippen LogP contribution in [-0.2, 0) is 15.9 Å². The molecule has 1 aromatic rings. The van der Waals surface area contributed by atoms with Crippen LogP contribution >= 0.6 is 0 Å². The lowest BCUT2D eigenvalue weighted by atomic mass is 9.98. The molecule has 6 nitrogen and oxygen atoms in total. The van der Waals surface area contributed by atoms with E-state index in [1.54, 1.807) is 14.2 Å². The van der Waals surface area contributed by atoms with Crippen LogP contribution in [0.5, 0.6) is 5.75 Å². The standard InChI is InChI=1S/C19H30N2O4/c1-23-13-14-25-15-17-8-11-21(12-9-17)19(22)20-10-7-16-3-5-18(24-2)6-4-16/h3-6,17H,7-15H2,1-2H3,(H,20,22). The van der Waals surface area contributed by atoms with Gasteiger partial charge in [0.05, 0.1) is 20.3 Å². The molecule has 1 aliphatic rings. The Hall–Kier alpha value is -1.79. The fourth-order valence-electron chi connectivity index (χ4n) is 2.91. The van der Waals surface area contributed by atoms with Gasteiger partial charge in [0.2, 0.25) is 0 Å². The number of likely N-dealkylation sites (tertiary alicyclic amines) is 1. The number of nitrogens with zero attached hydrogens (tertiary/aromatic N) is 1. The van der Waals surface area contributed by atoms with Crippen LogP contribution in [0.1, 0.15) is 18.4 Å². The number of amides is 2. The zero-order valence-electron chi connectivity index (χ0n) is 15.3. The maximum Gasteiger partial charge on any atom is 0.317 e. The molecule has 0 aromatic heterocycles. The Bertz CT molecular complexity index is 499. The first-order chi connectivity index (χ1) is 12.2. The Balaban J connectivity index is 1.60. The SMILES string of the molecule is COCCOCC1CCN(C(=O)NCCc2ccc(OC)cc2)CC1. The second-order valence-corrected chi connectivity index (χ2v) is 6.33. The number of hydrogen-bond acceptors (Lipinski definition) is 4. The third-order valence-electron chi connectivity index (χ3n) is 4.54. The van der Waals surface area contributed by atoms with E-state index < -0.39 is 0 Å². The van der Waals surface area contributed by atoms with Crippen molar-refractivity contribution < 1.29 is 19.0 Å². The van der Waals surface area contributed by atoms with Crippen LogP contribution in [0.15, 0.2) is 24.3 Å². The summed E-state index contributed by atoms with van der Waals surface area (Å²) >= 11 is 0. The molecule has 1 heterocycles. The molecule has 25 heavy (non-hydrogen) atoms. The van der Waals surface area contributed by atoms with Gasteiger partial charge < -0.3 is 24.4 Å². The zero-order chi connectivity index (χ0) is 17.9. The summed E-state index contributed by atoms with van der Waals surface area (Å²) in [5.74, 6) is 1.39. The van der Waals surface area contributed by atoms with Crippen molar-refractivity contribution in [3.63, 3.8) is 0 Å². The molecular formula is C19H30N2O4. The average molecular weight is 350 g/mol. The molecule has 6 heteroatoms. The number of piperidine rings is 1. The molecule has 1 fully saturated rings. The van der Waals surface area contributed by atoms with Crippen LogP contribution in [0.4, 0.5) is 4.79 Å². The van der Waals surface area contributed by atoms with E-state index >= 15 is 0 Å². The minimum absolute atomic E-state index is 0.0345. The number of carbonyl (C=O) groups is 1. The Kier molecular flexibility index (Phi) is 8.55. The first kappa shape index (κ1) is 19.5. The Morgan fingerprint density at radius 2 is 1.88 bits per heavy atom. The highest BCUT2D eigenvalue weighted by molar-refractivity contribution is 5.74. The summed E-state index contributed by atoms with van der Waals surface area (Å²) in [4.78, 5) is 14.1. The molecule has 140 valence electrons. The number of urea groups is 1. The van der Waals surface area contributed by atoms with E-state index in [0.717, 1.165) is 44.7 Å². The summed E-state index contributed by atoms with van der Waals surface area (Å²) in [6, 6.07) is 7.97. The molecule has 1 N–H and O–H groups in total. The van der Waals surface area contributed by atoms with Crippen molar-refractivity contribution in [2.75, 3.05) is 53.7 Å². The highest BCUT2D eigenvalue weighted by Crippen LogP contribution is 2.17. The molecule has 0 spiro atoms. The van der Waals surface area contributed by atoms with Crippen molar-refractivity contribution >= 4 is 6.03 Å².